The van der Waals surface area contributed by atoms with Crippen LogP contribution in [0, 0.1) is 34.0 Å². The number of esters is 1. The number of ether oxygens (including phenoxy) is 2. The van der Waals surface area contributed by atoms with Gasteiger partial charge in [0.15, 0.2) is 5.78 Å². The Hall–Kier alpha value is -1.28. The summed E-state index contributed by atoms with van der Waals surface area (Å²) in [7, 11) is 0. The van der Waals surface area contributed by atoms with Crippen molar-refractivity contribution in [1.82, 2.24) is 0 Å². The average molecular weight is 519 g/mol. The summed E-state index contributed by atoms with van der Waals surface area (Å²) in [5.41, 5.74) is -2.58. The zero-order valence-electron chi connectivity index (χ0n) is 22.8. The summed E-state index contributed by atoms with van der Waals surface area (Å²) in [5, 5.41) is 35.5. The number of aliphatic hydroxyl groups excluding tert-OH is 2. The van der Waals surface area contributed by atoms with Gasteiger partial charge in [-0.2, -0.15) is 0 Å². The lowest BCUT2D eigenvalue weighted by Gasteiger charge is -2.74. The van der Waals surface area contributed by atoms with Crippen molar-refractivity contribution < 1.29 is 34.4 Å². The molecule has 6 rings (SSSR count). The lowest BCUT2D eigenvalue weighted by Crippen LogP contribution is -2.85. The molecule has 3 N–H and O–H groups in total. The fourth-order valence-corrected chi connectivity index (χ4v) is 9.47. The lowest BCUT2D eigenvalue weighted by molar-refractivity contribution is -0.458. The first-order valence-corrected chi connectivity index (χ1v) is 14.7. The Balaban J connectivity index is 1.44. The Bertz CT molecular complexity index is 944. The molecular weight excluding hydrogens is 472 g/mol. The minimum atomic E-state index is -2.20. The van der Waals surface area contributed by atoms with Crippen LogP contribution in [0.4, 0.5) is 0 Å². The van der Waals surface area contributed by atoms with Gasteiger partial charge in [0, 0.05) is 23.7 Å². The predicted octanol–water partition coefficient (Wildman–Crippen LogP) is 4.07. The van der Waals surface area contributed by atoms with Crippen LogP contribution in [-0.4, -0.2) is 57.8 Å². The van der Waals surface area contributed by atoms with Gasteiger partial charge in [-0.3, -0.25) is 9.59 Å². The third kappa shape index (κ3) is 3.52. The second-order valence-corrected chi connectivity index (χ2v) is 13.3. The van der Waals surface area contributed by atoms with Crippen molar-refractivity contribution in [1.29, 1.82) is 0 Å². The van der Waals surface area contributed by atoms with E-state index in [2.05, 4.69) is 27.4 Å². The Labute approximate surface area is 221 Å². The summed E-state index contributed by atoms with van der Waals surface area (Å²) >= 11 is 0. The van der Waals surface area contributed by atoms with Crippen molar-refractivity contribution in [2.24, 2.45) is 34.0 Å². The lowest BCUT2D eigenvalue weighted by atomic mass is 9.35. The van der Waals surface area contributed by atoms with Gasteiger partial charge in [-0.05, 0) is 49.0 Å². The Morgan fingerprint density at radius 2 is 1.76 bits per heavy atom. The van der Waals surface area contributed by atoms with Gasteiger partial charge in [0.1, 0.15) is 17.6 Å². The zero-order chi connectivity index (χ0) is 26.8. The third-order valence-corrected chi connectivity index (χ3v) is 11.1. The number of carbonyl (C=O) groups excluding carboxylic acids is 2. The fourth-order valence-electron chi connectivity index (χ4n) is 9.47. The number of aliphatic hydroxyl groups is 3. The van der Waals surface area contributed by atoms with E-state index in [1.807, 2.05) is 0 Å². The molecule has 4 aliphatic carbocycles. The Kier molecular flexibility index (Phi) is 6.95. The monoisotopic (exact) mass is 518 g/mol. The molecule has 7 nitrogen and oxygen atoms in total. The van der Waals surface area contributed by atoms with Crippen LogP contribution < -0.4 is 0 Å². The number of fused-ring (bicyclic) bond motifs is 2. The zero-order valence-corrected chi connectivity index (χ0v) is 22.8. The first-order valence-electron chi connectivity index (χ1n) is 14.7. The van der Waals surface area contributed by atoms with Gasteiger partial charge >= 0.3 is 5.97 Å². The first kappa shape index (κ1) is 27.3. The molecule has 2 spiro atoms. The molecule has 4 saturated carbocycles. The summed E-state index contributed by atoms with van der Waals surface area (Å²) in [6, 6.07) is 0. The van der Waals surface area contributed by atoms with E-state index < -0.39 is 52.7 Å². The second-order valence-electron chi connectivity index (χ2n) is 13.3. The van der Waals surface area contributed by atoms with Crippen LogP contribution >= 0.6 is 0 Å². The van der Waals surface area contributed by atoms with Crippen LogP contribution in [0.1, 0.15) is 97.8 Å². The number of Topliss-reactive ketones (excluding diaryl/α,β-unsaturated/α-hetero) is 1. The molecule has 0 aromatic carbocycles. The summed E-state index contributed by atoms with van der Waals surface area (Å²) < 4.78 is 12.2. The van der Waals surface area contributed by atoms with E-state index in [9.17, 15) is 24.9 Å². The van der Waals surface area contributed by atoms with Crippen molar-refractivity contribution in [2.45, 2.75) is 122 Å². The van der Waals surface area contributed by atoms with E-state index in [1.165, 1.54) is 19.3 Å². The average Bonchev–Trinajstić information content (AvgIpc) is 2.96. The molecule has 2 saturated heterocycles. The molecule has 7 heteroatoms. The van der Waals surface area contributed by atoms with E-state index in [0.717, 1.165) is 25.7 Å². The molecule has 0 aromatic rings. The predicted molar refractivity (Wildman–Crippen MR) is 137 cm³/mol. The van der Waals surface area contributed by atoms with Crippen LogP contribution in [0.25, 0.3) is 0 Å². The molecule has 208 valence electrons. The molecule has 6 aliphatic rings. The Morgan fingerprint density at radius 3 is 2.46 bits per heavy atom. The number of unbranched alkanes of at least 4 members (excludes halogenated alkanes) is 6. The summed E-state index contributed by atoms with van der Waals surface area (Å²) in [4.78, 5) is 27.2. The molecule has 9 unspecified atom stereocenters. The maximum atomic E-state index is 14.1. The third-order valence-electron chi connectivity index (χ3n) is 11.1. The van der Waals surface area contributed by atoms with Crippen molar-refractivity contribution in [3.8, 4) is 0 Å². The molecular formula is C30H46O7. The molecule has 0 amide bonds. The van der Waals surface area contributed by atoms with E-state index in [1.54, 1.807) is 0 Å². The van der Waals surface area contributed by atoms with E-state index in [0.29, 0.717) is 31.3 Å². The quantitative estimate of drug-likeness (QED) is 0.240. The number of hydrogen-bond donors (Lipinski definition) is 3. The minimum absolute atomic E-state index is 0.0748. The van der Waals surface area contributed by atoms with Crippen LogP contribution in [0.3, 0.4) is 0 Å². The molecule has 0 aromatic heterocycles. The molecule has 4 bridgehead atoms. The molecule has 2 heterocycles. The highest BCUT2D eigenvalue weighted by atomic mass is 16.6. The molecule has 6 fully saturated rings. The van der Waals surface area contributed by atoms with Gasteiger partial charge in [-0.15, -0.1) is 0 Å². The standard InChI is InChI=1S/C30H46O7/c1-5-6-7-8-9-10-11-12-22(32)37-26-19-13-14-20-28-17-36-30(35,29(20,26)24(33)18(19)2)25(34)23(28)27(3,4)16-15-21(28)31/h19-21,23,25-26,31,34-35H,2,5-17H2,1,3-4H3. The molecule has 37 heavy (non-hydrogen) atoms. The van der Waals surface area contributed by atoms with Crippen molar-refractivity contribution >= 4 is 11.8 Å². The summed E-state index contributed by atoms with van der Waals surface area (Å²) in [6.45, 7) is 10.5. The minimum Gasteiger partial charge on any atom is -0.460 e. The largest absolute Gasteiger partial charge is 0.460 e. The van der Waals surface area contributed by atoms with Crippen molar-refractivity contribution in [3.63, 3.8) is 0 Å². The van der Waals surface area contributed by atoms with Gasteiger partial charge in [-0.1, -0.05) is 65.9 Å². The molecule has 0 radical (unpaired) electrons. The number of carbonyl (C=O) groups is 2. The normalized spacial score (nSPS) is 45.5. The highest BCUT2D eigenvalue weighted by Crippen LogP contribution is 2.76. The van der Waals surface area contributed by atoms with Crippen LogP contribution in [0.5, 0.6) is 0 Å². The summed E-state index contributed by atoms with van der Waals surface area (Å²) in [5.74, 6) is -4.28. The second kappa shape index (κ2) is 9.42. The highest BCUT2D eigenvalue weighted by Gasteiger charge is 2.87. The van der Waals surface area contributed by atoms with E-state index in [4.69, 9.17) is 9.47 Å². The van der Waals surface area contributed by atoms with E-state index >= 15 is 0 Å². The van der Waals surface area contributed by atoms with Crippen molar-refractivity contribution in [3.05, 3.63) is 12.2 Å². The number of ketones is 1. The number of rotatable bonds is 9. The van der Waals surface area contributed by atoms with Gasteiger partial charge in [0.05, 0.1) is 12.7 Å². The summed E-state index contributed by atoms with van der Waals surface area (Å²) in [6.07, 6.45) is 7.11. The van der Waals surface area contributed by atoms with Crippen LogP contribution in [0.2, 0.25) is 0 Å². The Morgan fingerprint density at radius 1 is 1.08 bits per heavy atom. The van der Waals surface area contributed by atoms with Gasteiger partial charge < -0.3 is 24.8 Å². The van der Waals surface area contributed by atoms with Crippen LogP contribution in [-0.2, 0) is 19.1 Å². The first-order chi connectivity index (χ1) is 17.5. The maximum absolute atomic E-state index is 14.1. The molecule has 2 aliphatic heterocycles. The smallest absolute Gasteiger partial charge is 0.306 e. The highest BCUT2D eigenvalue weighted by molar-refractivity contribution is 6.05. The van der Waals surface area contributed by atoms with Crippen LogP contribution in [0.15, 0.2) is 12.2 Å². The van der Waals surface area contributed by atoms with Gasteiger partial charge in [0.25, 0.3) is 0 Å². The van der Waals surface area contributed by atoms with Crippen molar-refractivity contribution in [2.75, 3.05) is 6.61 Å². The fraction of sp³-hybridized carbons (Fsp3) is 0.867. The van der Waals surface area contributed by atoms with Gasteiger partial charge in [0.2, 0.25) is 5.79 Å². The topological polar surface area (TPSA) is 113 Å². The SMILES string of the molecule is C=C1C(=O)C23C(OC(=O)CCCCCCCCC)C1CCC2C12COC3(O)C(O)C1C(C)(C)CCC2O. The van der Waals surface area contributed by atoms with Gasteiger partial charge in [-0.25, -0.2) is 0 Å². The number of hydrogen-bond acceptors (Lipinski definition) is 7. The molecule has 9 atom stereocenters. The van der Waals surface area contributed by atoms with E-state index in [-0.39, 0.29) is 30.2 Å². The maximum Gasteiger partial charge on any atom is 0.306 e.